The van der Waals surface area contributed by atoms with Crippen molar-refractivity contribution in [2.45, 2.75) is 13.5 Å². The summed E-state index contributed by atoms with van der Waals surface area (Å²) in [6.45, 7) is 5.99. The van der Waals surface area contributed by atoms with Gasteiger partial charge in [0.15, 0.2) is 0 Å². The summed E-state index contributed by atoms with van der Waals surface area (Å²) in [6.07, 6.45) is 2.00. The van der Waals surface area contributed by atoms with E-state index in [9.17, 15) is 9.59 Å². The summed E-state index contributed by atoms with van der Waals surface area (Å²) in [4.78, 5) is 36.5. The Morgan fingerprint density at radius 1 is 1.03 bits per heavy atom. The second-order valence-electron chi connectivity index (χ2n) is 8.54. The van der Waals surface area contributed by atoms with Crippen molar-refractivity contribution in [1.29, 1.82) is 0 Å². The molecule has 0 unspecified atom stereocenters. The first-order chi connectivity index (χ1) is 16.5. The van der Waals surface area contributed by atoms with Gasteiger partial charge in [-0.15, -0.1) is 11.3 Å². The largest absolute Gasteiger partial charge is 0.368 e. The van der Waals surface area contributed by atoms with Crippen LogP contribution in [0.4, 0.5) is 5.69 Å². The fourth-order valence-electron chi connectivity index (χ4n) is 4.47. The van der Waals surface area contributed by atoms with Crippen LogP contribution in [0.25, 0.3) is 6.08 Å². The number of fused-ring (bicyclic) bond motifs is 1. The Morgan fingerprint density at radius 3 is 2.50 bits per heavy atom. The van der Waals surface area contributed by atoms with E-state index in [1.54, 1.807) is 6.07 Å². The third kappa shape index (κ3) is 4.64. The number of imide groups is 1. The molecule has 5 rings (SSSR count). The molecule has 1 saturated heterocycles. The molecule has 0 saturated carbocycles. The molecular weight excluding hydrogens is 468 g/mol. The molecule has 6 nitrogen and oxygen atoms in total. The normalized spacial score (nSPS) is 16.9. The molecule has 2 aromatic carbocycles. The molecule has 0 bridgehead atoms. The van der Waals surface area contributed by atoms with Crippen LogP contribution in [0.3, 0.4) is 0 Å². The number of rotatable bonds is 6. The number of halogens is 1. The van der Waals surface area contributed by atoms with E-state index in [1.165, 1.54) is 16.2 Å². The first-order valence-electron chi connectivity index (χ1n) is 11.3. The van der Waals surface area contributed by atoms with Crippen molar-refractivity contribution >= 4 is 46.5 Å². The number of thiazole rings is 1. The number of piperazine rings is 1. The number of carbonyl (C=O) groups is 2. The quantitative estimate of drug-likeness (QED) is 0.469. The fourth-order valence-corrected chi connectivity index (χ4v) is 5.52. The molecular formula is C26H25ClN4O2S. The van der Waals surface area contributed by atoms with Crippen LogP contribution in [0, 0.1) is 6.92 Å². The molecule has 0 spiro atoms. The molecule has 2 amide bonds. The highest BCUT2D eigenvalue weighted by atomic mass is 35.5. The number of amides is 2. The van der Waals surface area contributed by atoms with Crippen LogP contribution >= 0.6 is 22.9 Å². The Balaban J connectivity index is 1.27. The number of carbonyl (C=O) groups excluding carboxylic acids is 2. The molecule has 2 aliphatic heterocycles. The van der Waals surface area contributed by atoms with Crippen molar-refractivity contribution in [3.63, 3.8) is 0 Å². The molecule has 0 atom stereocenters. The van der Waals surface area contributed by atoms with Gasteiger partial charge in [-0.3, -0.25) is 19.4 Å². The van der Waals surface area contributed by atoms with Gasteiger partial charge in [0.25, 0.3) is 11.8 Å². The van der Waals surface area contributed by atoms with E-state index < -0.39 is 0 Å². The number of nitrogens with zero attached hydrogens (tertiary/aromatic N) is 4. The molecule has 174 valence electrons. The predicted molar refractivity (Wildman–Crippen MR) is 136 cm³/mol. The van der Waals surface area contributed by atoms with Crippen molar-refractivity contribution in [3.8, 4) is 0 Å². The van der Waals surface area contributed by atoms with Crippen LogP contribution in [0.15, 0.2) is 58.9 Å². The van der Waals surface area contributed by atoms with E-state index in [0.717, 1.165) is 53.2 Å². The minimum absolute atomic E-state index is 0.213. The van der Waals surface area contributed by atoms with Crippen LogP contribution in [0.5, 0.6) is 0 Å². The molecule has 3 aromatic rings. The average Bonchev–Trinajstić information content (AvgIpc) is 3.36. The van der Waals surface area contributed by atoms with Crippen molar-refractivity contribution in [1.82, 2.24) is 14.8 Å². The zero-order valence-corrected chi connectivity index (χ0v) is 20.5. The van der Waals surface area contributed by atoms with Crippen LogP contribution in [-0.4, -0.2) is 59.3 Å². The van der Waals surface area contributed by atoms with Crippen molar-refractivity contribution in [3.05, 3.63) is 86.3 Å². The lowest BCUT2D eigenvalue weighted by molar-refractivity contribution is 0.0642. The van der Waals surface area contributed by atoms with Crippen LogP contribution in [-0.2, 0) is 6.54 Å². The highest BCUT2D eigenvalue weighted by molar-refractivity contribution is 7.09. The first kappa shape index (κ1) is 22.8. The maximum atomic E-state index is 13.3. The Labute approximate surface area is 208 Å². The molecule has 34 heavy (non-hydrogen) atoms. The maximum Gasteiger partial charge on any atom is 0.264 e. The van der Waals surface area contributed by atoms with Crippen molar-refractivity contribution in [2.75, 3.05) is 37.6 Å². The smallest absolute Gasteiger partial charge is 0.264 e. The van der Waals surface area contributed by atoms with E-state index in [-0.39, 0.29) is 18.4 Å². The Bertz CT molecular complexity index is 1250. The Kier molecular flexibility index (Phi) is 6.50. The topological polar surface area (TPSA) is 56.8 Å². The minimum atomic E-state index is -0.244. The van der Waals surface area contributed by atoms with Gasteiger partial charge in [0.05, 0.1) is 23.4 Å². The van der Waals surface area contributed by atoms with Gasteiger partial charge in [-0.2, -0.15) is 0 Å². The van der Waals surface area contributed by atoms with Gasteiger partial charge in [-0.05, 0) is 30.7 Å². The summed E-state index contributed by atoms with van der Waals surface area (Å²) < 4.78 is 0. The summed E-state index contributed by atoms with van der Waals surface area (Å²) in [5.74, 6) is -0.481. The highest BCUT2D eigenvalue weighted by Gasteiger charge is 2.39. The predicted octanol–water partition coefficient (Wildman–Crippen LogP) is 4.65. The zero-order valence-electron chi connectivity index (χ0n) is 18.9. The molecule has 8 heteroatoms. The average molecular weight is 493 g/mol. The van der Waals surface area contributed by atoms with E-state index in [2.05, 4.69) is 14.8 Å². The van der Waals surface area contributed by atoms with Gasteiger partial charge in [-0.1, -0.05) is 48.0 Å². The minimum Gasteiger partial charge on any atom is -0.368 e. The number of benzene rings is 2. The fraction of sp³-hybridized carbons (Fsp3) is 0.269. The SMILES string of the molecule is Cc1csc(CN2C(=O)c3cccc(N4CCN(C/C(Cl)=C/c5ccccc5)CC4)c3C2=O)n1. The molecule has 2 aliphatic rings. The van der Waals surface area contributed by atoms with Crippen molar-refractivity contribution in [2.24, 2.45) is 0 Å². The van der Waals surface area contributed by atoms with Crippen molar-refractivity contribution < 1.29 is 9.59 Å². The van der Waals surface area contributed by atoms with Gasteiger partial charge in [0.2, 0.25) is 0 Å². The summed E-state index contributed by atoms with van der Waals surface area (Å²) in [7, 11) is 0. The van der Waals surface area contributed by atoms with Gasteiger partial charge >= 0.3 is 0 Å². The van der Waals surface area contributed by atoms with Gasteiger partial charge in [-0.25, -0.2) is 4.98 Å². The van der Waals surface area contributed by atoms with E-state index in [4.69, 9.17) is 11.6 Å². The van der Waals surface area contributed by atoms with Crippen LogP contribution in [0.1, 0.15) is 37.0 Å². The number of aromatic nitrogens is 1. The summed E-state index contributed by atoms with van der Waals surface area (Å²) in [6, 6.07) is 15.6. The lowest BCUT2D eigenvalue weighted by Crippen LogP contribution is -2.47. The number of aryl methyl sites for hydroxylation is 1. The van der Waals surface area contributed by atoms with Gasteiger partial charge in [0.1, 0.15) is 5.01 Å². The summed E-state index contributed by atoms with van der Waals surface area (Å²) in [5.41, 5.74) is 3.81. The molecule has 0 aliphatic carbocycles. The third-order valence-electron chi connectivity index (χ3n) is 6.15. The molecule has 0 N–H and O–H groups in total. The van der Waals surface area contributed by atoms with E-state index in [0.29, 0.717) is 17.7 Å². The number of anilines is 1. The molecule has 3 heterocycles. The number of hydrogen-bond acceptors (Lipinski definition) is 6. The highest BCUT2D eigenvalue weighted by Crippen LogP contribution is 2.33. The zero-order chi connectivity index (χ0) is 23.7. The second-order valence-corrected chi connectivity index (χ2v) is 9.97. The second kappa shape index (κ2) is 9.70. The first-order valence-corrected chi connectivity index (χ1v) is 12.5. The van der Waals surface area contributed by atoms with Gasteiger partial charge < -0.3 is 4.90 Å². The molecule has 1 fully saturated rings. The molecule has 0 radical (unpaired) electrons. The van der Waals surface area contributed by atoms with Crippen LogP contribution < -0.4 is 4.90 Å². The third-order valence-corrected chi connectivity index (χ3v) is 7.33. The van der Waals surface area contributed by atoms with E-state index in [1.807, 2.05) is 60.8 Å². The molecule has 1 aromatic heterocycles. The Hall–Kier alpha value is -3.00. The van der Waals surface area contributed by atoms with Crippen LogP contribution in [0.2, 0.25) is 0 Å². The summed E-state index contributed by atoms with van der Waals surface area (Å²) in [5, 5.41) is 3.50. The number of hydrogen-bond donors (Lipinski definition) is 0. The Morgan fingerprint density at radius 2 is 1.79 bits per heavy atom. The van der Waals surface area contributed by atoms with E-state index >= 15 is 0 Å². The van der Waals surface area contributed by atoms with Gasteiger partial charge in [0, 0.05) is 48.8 Å². The summed E-state index contributed by atoms with van der Waals surface area (Å²) >= 11 is 7.98. The standard InChI is InChI=1S/C26H25ClN4O2S/c1-18-17-34-23(28-18)16-31-25(32)21-8-5-9-22(24(21)26(31)33)30-12-10-29(11-13-30)15-20(27)14-19-6-3-2-4-7-19/h2-9,14,17H,10-13,15-16H2,1H3/b20-14-. The lowest BCUT2D eigenvalue weighted by Gasteiger charge is -2.36. The maximum absolute atomic E-state index is 13.3. The monoisotopic (exact) mass is 492 g/mol. The lowest BCUT2D eigenvalue weighted by atomic mass is 10.1.